The zero-order chi connectivity index (χ0) is 15.5. The van der Waals surface area contributed by atoms with Gasteiger partial charge in [0, 0.05) is 38.3 Å². The number of hydrogen-bond donors (Lipinski definition) is 2. The van der Waals surface area contributed by atoms with E-state index in [9.17, 15) is 14.4 Å². The van der Waals surface area contributed by atoms with Crippen LogP contribution in [-0.4, -0.2) is 47.4 Å². The zero-order valence-corrected chi connectivity index (χ0v) is 12.3. The van der Waals surface area contributed by atoms with Crippen molar-refractivity contribution in [3.63, 3.8) is 0 Å². The third kappa shape index (κ3) is 7.04. The highest BCUT2D eigenvalue weighted by molar-refractivity contribution is 6.12. The molecular formula is C15H24N2O4. The summed E-state index contributed by atoms with van der Waals surface area (Å²) in [5.41, 5.74) is 0. The molecule has 1 rings (SSSR count). The van der Waals surface area contributed by atoms with Gasteiger partial charge in [0.25, 0.3) is 11.8 Å². The van der Waals surface area contributed by atoms with Crippen LogP contribution in [0.3, 0.4) is 0 Å². The van der Waals surface area contributed by atoms with Crippen LogP contribution in [0.1, 0.15) is 44.9 Å². The van der Waals surface area contributed by atoms with Crippen molar-refractivity contribution < 1.29 is 19.5 Å². The second kappa shape index (κ2) is 10.1. The van der Waals surface area contributed by atoms with Gasteiger partial charge in [0.05, 0.1) is 0 Å². The molecular weight excluding hydrogens is 272 g/mol. The van der Waals surface area contributed by atoms with Crippen molar-refractivity contribution >= 4 is 17.7 Å². The number of aliphatic hydroxyl groups excluding tert-OH is 1. The van der Waals surface area contributed by atoms with Crippen LogP contribution in [0.5, 0.6) is 0 Å². The summed E-state index contributed by atoms with van der Waals surface area (Å²) in [7, 11) is 0. The zero-order valence-electron chi connectivity index (χ0n) is 12.3. The van der Waals surface area contributed by atoms with Crippen LogP contribution in [0, 0.1) is 0 Å². The van der Waals surface area contributed by atoms with Crippen molar-refractivity contribution in [2.45, 2.75) is 44.9 Å². The van der Waals surface area contributed by atoms with Gasteiger partial charge in [-0.3, -0.25) is 19.3 Å². The molecule has 0 aromatic rings. The monoisotopic (exact) mass is 296 g/mol. The number of imide groups is 1. The van der Waals surface area contributed by atoms with Crippen LogP contribution in [0.15, 0.2) is 12.2 Å². The number of carbonyl (C=O) groups is 3. The number of amides is 3. The first kappa shape index (κ1) is 17.4. The number of nitrogens with zero attached hydrogens (tertiary/aromatic N) is 1. The lowest BCUT2D eigenvalue weighted by Gasteiger charge is -2.13. The molecule has 0 aliphatic carbocycles. The molecule has 0 aromatic carbocycles. The van der Waals surface area contributed by atoms with Crippen LogP contribution in [0.25, 0.3) is 0 Å². The fourth-order valence-corrected chi connectivity index (χ4v) is 2.11. The molecule has 0 saturated heterocycles. The fraction of sp³-hybridized carbons (Fsp3) is 0.667. The number of rotatable bonds is 11. The molecule has 118 valence electrons. The van der Waals surface area contributed by atoms with E-state index in [0.29, 0.717) is 19.5 Å². The first-order valence-electron chi connectivity index (χ1n) is 7.56. The average Bonchev–Trinajstić information content (AvgIpc) is 2.78. The Morgan fingerprint density at radius 2 is 1.67 bits per heavy atom. The van der Waals surface area contributed by atoms with Gasteiger partial charge in [-0.2, -0.15) is 0 Å². The lowest BCUT2D eigenvalue weighted by atomic mass is 10.1. The second-order valence-corrected chi connectivity index (χ2v) is 5.11. The summed E-state index contributed by atoms with van der Waals surface area (Å²) in [6, 6.07) is 0. The lowest BCUT2D eigenvalue weighted by Crippen LogP contribution is -2.30. The summed E-state index contributed by atoms with van der Waals surface area (Å²) in [5, 5.41) is 11.5. The number of unbranched alkanes of at least 4 members (excludes halogenated alkanes) is 4. The predicted octanol–water partition coefficient (Wildman–Crippen LogP) is 0.751. The third-order valence-corrected chi connectivity index (χ3v) is 3.34. The molecule has 6 heteroatoms. The van der Waals surface area contributed by atoms with E-state index in [4.69, 9.17) is 5.11 Å². The average molecular weight is 296 g/mol. The molecule has 0 aromatic heterocycles. The van der Waals surface area contributed by atoms with E-state index in [0.717, 1.165) is 38.5 Å². The molecule has 0 bridgehead atoms. The Morgan fingerprint density at radius 3 is 2.33 bits per heavy atom. The van der Waals surface area contributed by atoms with E-state index < -0.39 is 0 Å². The molecule has 1 aliphatic rings. The fourth-order valence-electron chi connectivity index (χ4n) is 2.11. The molecule has 0 unspecified atom stereocenters. The predicted molar refractivity (Wildman–Crippen MR) is 78.3 cm³/mol. The van der Waals surface area contributed by atoms with Crippen LogP contribution < -0.4 is 5.32 Å². The van der Waals surface area contributed by atoms with Gasteiger partial charge in [0.1, 0.15) is 0 Å². The lowest BCUT2D eigenvalue weighted by molar-refractivity contribution is -0.136. The maximum atomic E-state index is 11.5. The Bertz CT molecular complexity index is 375. The van der Waals surface area contributed by atoms with Gasteiger partial charge in [-0.25, -0.2) is 0 Å². The molecule has 6 nitrogen and oxygen atoms in total. The molecule has 1 heterocycles. The summed E-state index contributed by atoms with van der Waals surface area (Å²) < 4.78 is 0. The standard InChI is InChI=1S/C15H24N2O4/c18-12-6-2-4-10-16-13(19)7-3-1-5-11-17-14(20)8-9-15(17)21/h8-9,18H,1-7,10-12H2,(H,16,19). The summed E-state index contributed by atoms with van der Waals surface area (Å²) in [6.45, 7) is 1.28. The Hall–Kier alpha value is -1.69. The van der Waals surface area contributed by atoms with Gasteiger partial charge in [-0.05, 0) is 32.1 Å². The van der Waals surface area contributed by atoms with Gasteiger partial charge in [-0.1, -0.05) is 6.42 Å². The molecule has 21 heavy (non-hydrogen) atoms. The molecule has 3 amide bonds. The van der Waals surface area contributed by atoms with Crippen molar-refractivity contribution in [3.8, 4) is 0 Å². The van der Waals surface area contributed by atoms with E-state index in [2.05, 4.69) is 5.32 Å². The molecule has 0 atom stereocenters. The van der Waals surface area contributed by atoms with Gasteiger partial charge in [-0.15, -0.1) is 0 Å². The van der Waals surface area contributed by atoms with Crippen LogP contribution in [-0.2, 0) is 14.4 Å². The highest BCUT2D eigenvalue weighted by atomic mass is 16.3. The molecule has 0 fully saturated rings. The number of carbonyl (C=O) groups excluding carboxylic acids is 3. The Morgan fingerprint density at radius 1 is 1.00 bits per heavy atom. The quantitative estimate of drug-likeness (QED) is 0.435. The topological polar surface area (TPSA) is 86.7 Å². The number of aliphatic hydroxyl groups is 1. The van der Waals surface area contributed by atoms with Crippen molar-refractivity contribution in [3.05, 3.63) is 12.2 Å². The van der Waals surface area contributed by atoms with E-state index in [1.807, 2.05) is 0 Å². The van der Waals surface area contributed by atoms with Gasteiger partial charge in [0.15, 0.2) is 0 Å². The summed E-state index contributed by atoms with van der Waals surface area (Å²) in [6.07, 6.45) is 7.92. The number of nitrogens with one attached hydrogen (secondary N) is 1. The molecule has 1 aliphatic heterocycles. The van der Waals surface area contributed by atoms with Crippen molar-refractivity contribution in [1.82, 2.24) is 10.2 Å². The Kier molecular flexibility index (Phi) is 8.35. The van der Waals surface area contributed by atoms with Gasteiger partial charge >= 0.3 is 0 Å². The van der Waals surface area contributed by atoms with Crippen molar-refractivity contribution in [1.29, 1.82) is 0 Å². The van der Waals surface area contributed by atoms with E-state index >= 15 is 0 Å². The highest BCUT2D eigenvalue weighted by Crippen LogP contribution is 2.07. The summed E-state index contributed by atoms with van der Waals surface area (Å²) >= 11 is 0. The highest BCUT2D eigenvalue weighted by Gasteiger charge is 2.22. The van der Waals surface area contributed by atoms with Gasteiger partial charge in [0.2, 0.25) is 5.91 Å². The van der Waals surface area contributed by atoms with E-state index in [-0.39, 0.29) is 24.3 Å². The van der Waals surface area contributed by atoms with Crippen LogP contribution in [0.2, 0.25) is 0 Å². The van der Waals surface area contributed by atoms with E-state index in [1.54, 1.807) is 0 Å². The molecule has 0 saturated carbocycles. The first-order valence-corrected chi connectivity index (χ1v) is 7.56. The minimum Gasteiger partial charge on any atom is -0.396 e. The molecule has 2 N–H and O–H groups in total. The number of hydrogen-bond acceptors (Lipinski definition) is 4. The SMILES string of the molecule is O=C(CCCCCN1C(=O)C=CC1=O)NCCCCCO. The van der Waals surface area contributed by atoms with Crippen molar-refractivity contribution in [2.24, 2.45) is 0 Å². The minimum absolute atomic E-state index is 0.0361. The summed E-state index contributed by atoms with van der Waals surface area (Å²) in [4.78, 5) is 35.3. The molecule has 0 spiro atoms. The summed E-state index contributed by atoms with van der Waals surface area (Å²) in [5.74, 6) is -0.463. The maximum Gasteiger partial charge on any atom is 0.253 e. The first-order chi connectivity index (χ1) is 10.1. The Balaban J connectivity index is 1.95. The molecule has 0 radical (unpaired) electrons. The van der Waals surface area contributed by atoms with Crippen LogP contribution >= 0.6 is 0 Å². The smallest absolute Gasteiger partial charge is 0.253 e. The Labute approximate surface area is 125 Å². The third-order valence-electron chi connectivity index (χ3n) is 3.34. The van der Waals surface area contributed by atoms with E-state index in [1.165, 1.54) is 17.1 Å². The largest absolute Gasteiger partial charge is 0.396 e. The normalized spacial score (nSPS) is 14.0. The van der Waals surface area contributed by atoms with Crippen LogP contribution in [0.4, 0.5) is 0 Å². The van der Waals surface area contributed by atoms with Crippen molar-refractivity contribution in [2.75, 3.05) is 19.7 Å². The maximum absolute atomic E-state index is 11.5. The second-order valence-electron chi connectivity index (χ2n) is 5.11. The van der Waals surface area contributed by atoms with Gasteiger partial charge < -0.3 is 10.4 Å². The minimum atomic E-state index is -0.249.